The molecule has 3 N–H and O–H groups in total. The maximum Gasteiger partial charge on any atom is 0.316 e. The van der Waals surface area contributed by atoms with Crippen LogP contribution < -0.4 is 21.3 Å². The Morgan fingerprint density at radius 3 is 1.64 bits per heavy atom. The van der Waals surface area contributed by atoms with Crippen molar-refractivity contribution in [3.63, 3.8) is 0 Å². The number of rotatable bonds is 8. The number of fused-ring (bicyclic) bond motifs is 2. The van der Waals surface area contributed by atoms with Crippen LogP contribution in [0.15, 0.2) is 32.3 Å². The van der Waals surface area contributed by atoms with Crippen LogP contribution in [0.4, 0.5) is 0 Å². The second-order valence-electron chi connectivity index (χ2n) is 8.96. The fraction of sp³-hybridized carbons (Fsp3) is 0.333. The van der Waals surface area contributed by atoms with Crippen LogP contribution in [0, 0.1) is 20.8 Å². The van der Waals surface area contributed by atoms with Gasteiger partial charge in [-0.15, -0.1) is 54.8 Å². The average molecular weight is 867 g/mol. The molecule has 6 rings (SSSR count). The third kappa shape index (κ3) is 12.1. The van der Waals surface area contributed by atoms with Gasteiger partial charge in [0.05, 0.1) is 32.8 Å². The Hall–Kier alpha value is -2.13. The Bertz CT molecular complexity index is 2040. The average Bonchev–Trinajstić information content (AvgIpc) is 3.78. The maximum atomic E-state index is 12.2. The Balaban J connectivity index is 0.000000269. The van der Waals surface area contributed by atoms with Gasteiger partial charge in [0.25, 0.3) is 11.1 Å². The summed E-state index contributed by atoms with van der Waals surface area (Å²) < 4.78 is 0. The minimum absolute atomic E-state index is 0. The van der Waals surface area contributed by atoms with Crippen molar-refractivity contribution in [2.24, 2.45) is 0 Å². The van der Waals surface area contributed by atoms with Crippen molar-refractivity contribution in [3.8, 4) is 0 Å². The third-order valence-electron chi connectivity index (χ3n) is 5.40. The summed E-state index contributed by atoms with van der Waals surface area (Å²) in [5.74, 6) is -0.973. The van der Waals surface area contributed by atoms with Crippen molar-refractivity contribution >= 4 is 80.0 Å². The molecule has 0 aliphatic rings. The molecule has 0 amide bonds. The quantitative estimate of drug-likeness (QED) is 0.145. The molecule has 17 nitrogen and oxygen atoms in total. The number of aromatic nitrogens is 12. The number of thioether (sulfide) groups is 2. The first-order chi connectivity index (χ1) is 21.4. The van der Waals surface area contributed by atoms with Gasteiger partial charge >= 0.3 is 5.97 Å². The number of hydrogen-bond donors (Lipinski definition) is 3. The van der Waals surface area contributed by atoms with Gasteiger partial charge < -0.3 is 35.2 Å². The van der Waals surface area contributed by atoms with Crippen LogP contribution in [0.2, 0.25) is 0 Å². The fourth-order valence-electron chi connectivity index (χ4n) is 3.23. The molecule has 242 valence electrons. The predicted octanol–water partition coefficient (Wildman–Crippen LogP) is 1.72. The minimum Gasteiger partial charge on any atom is -0.480 e. The fourth-order valence-corrected chi connectivity index (χ4v) is 6.10. The number of carbonyl (C=O) groups excluding carboxylic acids is 1. The van der Waals surface area contributed by atoms with E-state index >= 15 is 0 Å². The summed E-state index contributed by atoms with van der Waals surface area (Å²) in [4.78, 5) is 59.4. The molecule has 47 heavy (non-hydrogen) atoms. The molecule has 0 bridgehead atoms. The summed E-state index contributed by atoms with van der Waals surface area (Å²) in [6.45, 7) is 9.01. The third-order valence-corrected chi connectivity index (χ3v) is 9.00. The molecule has 0 aliphatic carbocycles. The molecule has 2 unspecified atom stereocenters. The summed E-state index contributed by atoms with van der Waals surface area (Å²) in [5, 5.41) is 42.5. The summed E-state index contributed by atoms with van der Waals surface area (Å²) in [7, 11) is 0. The second kappa shape index (κ2) is 19.2. The van der Waals surface area contributed by atoms with E-state index in [4.69, 9.17) is 5.11 Å². The van der Waals surface area contributed by atoms with Gasteiger partial charge in [0.1, 0.15) is 25.3 Å². The van der Waals surface area contributed by atoms with Crippen molar-refractivity contribution < 1.29 is 80.1 Å². The number of carboxylic acids is 1. The maximum absolute atomic E-state index is 12.2. The molecule has 0 spiro atoms. The zero-order chi connectivity index (χ0) is 32.7. The van der Waals surface area contributed by atoms with E-state index in [1.807, 2.05) is 20.8 Å². The second-order valence-corrected chi connectivity index (χ2v) is 14.3. The Labute approximate surface area is 332 Å². The van der Waals surface area contributed by atoms with Crippen LogP contribution in [-0.4, -0.2) is 77.9 Å². The van der Waals surface area contributed by atoms with Gasteiger partial charge in [-0.25, -0.2) is 0 Å². The summed E-state index contributed by atoms with van der Waals surface area (Å²) in [5.41, 5.74) is -0.165. The van der Waals surface area contributed by atoms with Crippen molar-refractivity contribution in [1.29, 1.82) is 0 Å². The topological polar surface area (TPSA) is 251 Å². The number of ketones is 1. The smallest absolute Gasteiger partial charge is 0.316 e. The standard InChI is InChI=1S/C12H12N6O2S2.C8H8N4O3S.C4H6N2S.2Y/c1-5(8(19)3-9-17-16-6(2)22-9)21-12-14-10-7(4-13-18-10)11(20)15-12;1-3(7(14)15)16-8-10-5-4(2-9-12-5)6(13)11-8;1-3-5-6-4(2)7-3;;/h4-5H,3H2,1-2H3,(H2,13,14,15,18,20);2-3H,1H3,(H3,9,10,11,12,13,14,15);1-2H3;;/p-2. The summed E-state index contributed by atoms with van der Waals surface area (Å²) >= 11 is 5.15. The first-order valence-electron chi connectivity index (χ1n) is 12.8. The van der Waals surface area contributed by atoms with E-state index in [-0.39, 0.29) is 110 Å². The number of carboxylic acid groups (broad SMARTS) is 1. The van der Waals surface area contributed by atoms with E-state index in [0.29, 0.717) is 20.9 Å². The van der Waals surface area contributed by atoms with Crippen LogP contribution in [0.25, 0.3) is 22.1 Å². The number of H-pyrrole nitrogens is 2. The van der Waals surface area contributed by atoms with Crippen molar-refractivity contribution in [2.75, 3.05) is 0 Å². The van der Waals surface area contributed by atoms with Gasteiger partial charge in [-0.1, -0.05) is 11.8 Å². The Kier molecular flexibility index (Phi) is 16.7. The molecule has 0 aromatic carbocycles. The van der Waals surface area contributed by atoms with Gasteiger partial charge in [0.15, 0.2) is 5.78 Å². The molecular weight excluding hydrogens is 842 g/mol. The number of aliphatic carboxylic acids is 1. The molecule has 0 saturated heterocycles. The molecule has 0 aliphatic heterocycles. The zero-order valence-electron chi connectivity index (χ0n) is 25.4. The number of aromatic amines is 2. The number of Topliss-reactive ketones (excluding diaryl/α,β-unsaturated/α-hetero) is 1. The van der Waals surface area contributed by atoms with Crippen LogP contribution in [0.5, 0.6) is 0 Å². The van der Waals surface area contributed by atoms with E-state index in [1.54, 1.807) is 18.3 Å². The number of nitrogens with zero attached hydrogens (tertiary/aromatic N) is 10. The van der Waals surface area contributed by atoms with Gasteiger partial charge in [0, 0.05) is 77.8 Å². The van der Waals surface area contributed by atoms with Crippen molar-refractivity contribution in [2.45, 2.75) is 61.9 Å². The van der Waals surface area contributed by atoms with Crippen molar-refractivity contribution in [3.05, 3.63) is 53.1 Å². The first kappa shape index (κ1) is 41.0. The molecule has 0 saturated carbocycles. The predicted molar refractivity (Wildman–Crippen MR) is 168 cm³/mol. The van der Waals surface area contributed by atoms with E-state index in [0.717, 1.165) is 26.8 Å². The number of hydrogen-bond acceptors (Lipinski definition) is 16. The van der Waals surface area contributed by atoms with E-state index < -0.39 is 11.2 Å². The first-order valence-corrected chi connectivity index (χ1v) is 16.2. The van der Waals surface area contributed by atoms with E-state index in [9.17, 15) is 19.2 Å². The number of nitrogens with one attached hydrogen (secondary N) is 2. The monoisotopic (exact) mass is 866 g/mol. The molecule has 2 atom stereocenters. The van der Waals surface area contributed by atoms with Gasteiger partial charge in [-0.2, -0.15) is 0 Å². The van der Waals surface area contributed by atoms with E-state index in [2.05, 4.69) is 60.7 Å². The normalized spacial score (nSPS) is 11.7. The number of carbonyl (C=O) groups is 2. The van der Waals surface area contributed by atoms with Gasteiger partial charge in [0.2, 0.25) is 0 Å². The molecule has 6 aromatic rings. The summed E-state index contributed by atoms with van der Waals surface area (Å²) in [6.07, 6.45) is 2.90. The Morgan fingerprint density at radius 1 is 0.787 bits per heavy atom. The van der Waals surface area contributed by atoms with Crippen LogP contribution in [0.1, 0.15) is 33.9 Å². The molecule has 23 heteroatoms. The van der Waals surface area contributed by atoms with E-state index in [1.165, 1.54) is 42.4 Å². The minimum atomic E-state index is -0.971. The molecule has 2 radical (unpaired) electrons. The number of aryl methyl sites for hydroxylation is 3. The van der Waals surface area contributed by atoms with Crippen LogP contribution in [-0.2, 0) is 81.4 Å². The van der Waals surface area contributed by atoms with Gasteiger partial charge in [-0.3, -0.25) is 29.4 Å². The van der Waals surface area contributed by atoms with Crippen LogP contribution >= 0.6 is 46.2 Å². The van der Waals surface area contributed by atoms with Gasteiger partial charge in [-0.05, 0) is 45.9 Å². The largest absolute Gasteiger partial charge is 0.480 e. The zero-order valence-corrected chi connectivity index (χ0v) is 34.3. The van der Waals surface area contributed by atoms with Crippen LogP contribution in [0.3, 0.4) is 0 Å². The van der Waals surface area contributed by atoms with Crippen molar-refractivity contribution in [1.82, 2.24) is 60.7 Å². The Morgan fingerprint density at radius 2 is 1.23 bits per heavy atom. The molecule has 6 heterocycles. The SMILES string of the molecule is CC(Sc1nc2[n-]ncc2c(=O)[nH]1)C(=O)O.Cc1nnc(C)s1.Cc1nnc(CC(=O)C(C)Sc2nc3[n-]ncc3c(=O)[nH]2)s1.[Y].[Y]. The molecule has 0 fully saturated rings. The molecule has 6 aromatic heterocycles. The summed E-state index contributed by atoms with van der Waals surface area (Å²) in [6, 6.07) is 0. The molecular formula is C24H24N12O5S4Y2-2.